The van der Waals surface area contributed by atoms with Crippen molar-refractivity contribution in [3.05, 3.63) is 63.7 Å². The molecule has 0 radical (unpaired) electrons. The zero-order valence-electron chi connectivity index (χ0n) is 23.3. The smallest absolute Gasteiger partial charge is 0.255 e. The molecule has 1 unspecified atom stereocenters. The minimum Gasteiger partial charge on any atom is -0.322 e. The number of amides is 3. The molecule has 3 amide bonds. The predicted molar refractivity (Wildman–Crippen MR) is 160 cm³/mol. The summed E-state index contributed by atoms with van der Waals surface area (Å²) in [4.78, 5) is 51.8. The Bertz CT molecular complexity index is 1250. The summed E-state index contributed by atoms with van der Waals surface area (Å²) in [5, 5.41) is 3.09. The van der Waals surface area contributed by atoms with E-state index in [2.05, 4.69) is 11.4 Å². The molecule has 40 heavy (non-hydrogen) atoms. The molecule has 8 heteroatoms. The lowest BCUT2D eigenvalue weighted by atomic mass is 10.0. The van der Waals surface area contributed by atoms with Crippen molar-refractivity contribution in [2.75, 3.05) is 5.75 Å². The van der Waals surface area contributed by atoms with Gasteiger partial charge in [-0.3, -0.25) is 24.5 Å². The van der Waals surface area contributed by atoms with Gasteiger partial charge in [-0.25, -0.2) is 0 Å². The van der Waals surface area contributed by atoms with Crippen LogP contribution in [0, 0.1) is 6.92 Å². The zero-order chi connectivity index (χ0) is 28.5. The molecule has 2 aromatic rings. The molecule has 6 nitrogen and oxygen atoms in total. The van der Waals surface area contributed by atoms with E-state index in [-0.39, 0.29) is 29.9 Å². The predicted octanol–water partition coefficient (Wildman–Crippen LogP) is 6.82. The molecule has 2 aliphatic heterocycles. The molecule has 2 aromatic carbocycles. The van der Waals surface area contributed by atoms with Gasteiger partial charge in [0, 0.05) is 41.3 Å². The highest BCUT2D eigenvalue weighted by Crippen LogP contribution is 2.34. The van der Waals surface area contributed by atoms with Crippen LogP contribution in [-0.4, -0.2) is 40.2 Å². The first-order valence-corrected chi connectivity index (χ1v) is 15.9. The van der Waals surface area contributed by atoms with E-state index in [1.807, 2.05) is 37.3 Å². The standard InChI is InChI=1S/C32H39ClN2O4S/c1-22-14-15-23(20-27(22)33)19-24(36)11-8-6-4-2-3-5-7-9-18-40-29-13-10-12-25-26(29)21-35(32(25)39)28-16-17-30(37)34-31(28)38/h10,12-15,20,28H,2-9,11,16-19,21H2,1H3,(H,34,37,38). The van der Waals surface area contributed by atoms with Crippen molar-refractivity contribution in [2.24, 2.45) is 0 Å². The Kier molecular flexibility index (Phi) is 11.2. The number of imide groups is 1. The highest BCUT2D eigenvalue weighted by molar-refractivity contribution is 7.99. The van der Waals surface area contributed by atoms with Gasteiger partial charge in [-0.1, -0.05) is 68.3 Å². The van der Waals surface area contributed by atoms with Gasteiger partial charge in [0.25, 0.3) is 5.91 Å². The maximum absolute atomic E-state index is 13.0. The summed E-state index contributed by atoms with van der Waals surface area (Å²) < 4.78 is 0. The minimum absolute atomic E-state index is 0.118. The molecule has 1 N–H and O–H groups in total. The van der Waals surface area contributed by atoms with Gasteiger partial charge < -0.3 is 4.90 Å². The molecule has 4 rings (SSSR count). The number of carbonyl (C=O) groups excluding carboxylic acids is 4. The average molecular weight is 583 g/mol. The fourth-order valence-electron chi connectivity index (χ4n) is 5.42. The van der Waals surface area contributed by atoms with Crippen LogP contribution in [-0.2, 0) is 27.3 Å². The molecule has 0 bridgehead atoms. The van der Waals surface area contributed by atoms with Crippen LogP contribution < -0.4 is 5.32 Å². The number of rotatable bonds is 15. The van der Waals surface area contributed by atoms with E-state index in [0.717, 1.165) is 51.6 Å². The molecule has 0 spiro atoms. The Labute approximate surface area is 246 Å². The first-order chi connectivity index (χ1) is 19.3. The normalized spacial score (nSPS) is 16.8. The zero-order valence-corrected chi connectivity index (χ0v) is 24.9. The molecule has 2 heterocycles. The van der Waals surface area contributed by atoms with Crippen molar-refractivity contribution in [1.29, 1.82) is 0 Å². The SMILES string of the molecule is Cc1ccc(CC(=O)CCCCCCCCCCSc2cccc3c2CN(C2CCC(=O)NC2=O)C3=O)cc1Cl. The number of aryl methyl sites for hydroxylation is 1. The van der Waals surface area contributed by atoms with E-state index < -0.39 is 6.04 Å². The number of hydrogen-bond donors (Lipinski definition) is 1. The number of nitrogens with one attached hydrogen (secondary N) is 1. The first kappa shape index (κ1) is 30.3. The summed E-state index contributed by atoms with van der Waals surface area (Å²) in [6.45, 7) is 2.39. The van der Waals surface area contributed by atoms with E-state index >= 15 is 0 Å². The van der Waals surface area contributed by atoms with Crippen LogP contribution in [0.3, 0.4) is 0 Å². The van der Waals surface area contributed by atoms with Crippen molar-refractivity contribution in [3.8, 4) is 0 Å². The lowest BCUT2D eigenvalue weighted by Crippen LogP contribution is -2.52. The number of hydrogen-bond acceptors (Lipinski definition) is 5. The summed E-state index contributed by atoms with van der Waals surface area (Å²) in [6, 6.07) is 11.1. The molecule has 0 saturated carbocycles. The number of nitrogens with zero attached hydrogens (tertiary/aromatic N) is 1. The van der Waals surface area contributed by atoms with Crippen LogP contribution in [0.5, 0.6) is 0 Å². The molecule has 0 aliphatic carbocycles. The molecule has 1 saturated heterocycles. The van der Waals surface area contributed by atoms with Crippen LogP contribution in [0.2, 0.25) is 5.02 Å². The third-order valence-corrected chi connectivity index (χ3v) is 9.38. The number of Topliss-reactive ketones (excluding diaryl/α,β-unsaturated/α-hetero) is 1. The Morgan fingerprint density at radius 1 is 1.00 bits per heavy atom. The largest absolute Gasteiger partial charge is 0.322 e. The molecule has 1 atom stereocenters. The molecule has 0 aromatic heterocycles. The van der Waals surface area contributed by atoms with Gasteiger partial charge in [-0.2, -0.15) is 0 Å². The first-order valence-electron chi connectivity index (χ1n) is 14.5. The Morgan fingerprint density at radius 2 is 1.73 bits per heavy atom. The van der Waals surface area contributed by atoms with Crippen LogP contribution in [0.15, 0.2) is 41.3 Å². The fraction of sp³-hybridized carbons (Fsp3) is 0.500. The van der Waals surface area contributed by atoms with Crippen molar-refractivity contribution < 1.29 is 19.2 Å². The maximum Gasteiger partial charge on any atom is 0.255 e. The average Bonchev–Trinajstić information content (AvgIpc) is 3.26. The number of unbranched alkanes of at least 4 members (excludes halogenated alkanes) is 7. The quantitative estimate of drug-likeness (QED) is 0.141. The fourth-order valence-corrected chi connectivity index (χ4v) is 6.72. The van der Waals surface area contributed by atoms with Crippen molar-refractivity contribution in [3.63, 3.8) is 0 Å². The van der Waals surface area contributed by atoms with Crippen LogP contribution in [0.1, 0.15) is 97.7 Å². The maximum atomic E-state index is 13.0. The summed E-state index contributed by atoms with van der Waals surface area (Å²) in [7, 11) is 0. The summed E-state index contributed by atoms with van der Waals surface area (Å²) in [6.07, 6.45) is 10.9. The number of benzene rings is 2. The summed E-state index contributed by atoms with van der Waals surface area (Å²) in [5.41, 5.74) is 3.71. The lowest BCUT2D eigenvalue weighted by molar-refractivity contribution is -0.137. The van der Waals surface area contributed by atoms with E-state index in [9.17, 15) is 19.2 Å². The Hall–Kier alpha value is -2.64. The van der Waals surface area contributed by atoms with Crippen molar-refractivity contribution >= 4 is 46.9 Å². The number of ketones is 1. The highest BCUT2D eigenvalue weighted by Gasteiger charge is 2.39. The van der Waals surface area contributed by atoms with Crippen molar-refractivity contribution in [2.45, 2.75) is 101 Å². The second-order valence-electron chi connectivity index (χ2n) is 10.9. The Morgan fingerprint density at radius 3 is 2.45 bits per heavy atom. The second-order valence-corrected chi connectivity index (χ2v) is 12.5. The number of halogens is 1. The van der Waals surface area contributed by atoms with Gasteiger partial charge in [-0.05, 0) is 66.8 Å². The number of thioether (sulfide) groups is 1. The molecular weight excluding hydrogens is 544 g/mol. The third kappa shape index (κ3) is 8.20. The Balaban J connectivity index is 1.06. The minimum atomic E-state index is -0.575. The van der Waals surface area contributed by atoms with Gasteiger partial charge in [0.2, 0.25) is 11.8 Å². The van der Waals surface area contributed by atoms with Gasteiger partial charge in [0.15, 0.2) is 0 Å². The molecule has 214 valence electrons. The second kappa shape index (κ2) is 14.8. The number of piperidine rings is 1. The topological polar surface area (TPSA) is 83.6 Å². The van der Waals surface area contributed by atoms with E-state index in [1.165, 1.54) is 32.1 Å². The molecular formula is C32H39ClN2O4S. The number of fused-ring (bicyclic) bond motifs is 1. The van der Waals surface area contributed by atoms with Crippen LogP contribution >= 0.6 is 23.4 Å². The van der Waals surface area contributed by atoms with Gasteiger partial charge in [0.1, 0.15) is 11.8 Å². The third-order valence-electron chi connectivity index (χ3n) is 7.78. The van der Waals surface area contributed by atoms with E-state index in [0.29, 0.717) is 31.4 Å². The van der Waals surface area contributed by atoms with Gasteiger partial charge in [0.05, 0.1) is 0 Å². The van der Waals surface area contributed by atoms with E-state index in [1.54, 1.807) is 16.7 Å². The molecule has 1 fully saturated rings. The number of carbonyl (C=O) groups is 4. The van der Waals surface area contributed by atoms with Gasteiger partial charge >= 0.3 is 0 Å². The monoisotopic (exact) mass is 582 g/mol. The summed E-state index contributed by atoms with van der Waals surface area (Å²) >= 11 is 7.94. The molecule has 2 aliphatic rings. The summed E-state index contributed by atoms with van der Waals surface area (Å²) in [5.74, 6) is 0.525. The highest BCUT2D eigenvalue weighted by atomic mass is 35.5. The van der Waals surface area contributed by atoms with Crippen LogP contribution in [0.25, 0.3) is 0 Å². The van der Waals surface area contributed by atoms with E-state index in [4.69, 9.17) is 11.6 Å². The lowest BCUT2D eigenvalue weighted by Gasteiger charge is -2.29. The van der Waals surface area contributed by atoms with Gasteiger partial charge in [-0.15, -0.1) is 11.8 Å². The van der Waals surface area contributed by atoms with Crippen molar-refractivity contribution in [1.82, 2.24) is 10.2 Å². The van der Waals surface area contributed by atoms with Crippen LogP contribution in [0.4, 0.5) is 0 Å².